The van der Waals surface area contributed by atoms with Gasteiger partial charge in [0.1, 0.15) is 0 Å². The van der Waals surface area contributed by atoms with E-state index in [-0.39, 0.29) is 0 Å². The molecule has 0 saturated heterocycles. The van der Waals surface area contributed by atoms with Gasteiger partial charge in [-0.15, -0.1) is 0 Å². The fourth-order valence-electron chi connectivity index (χ4n) is 2.43. The van der Waals surface area contributed by atoms with Crippen molar-refractivity contribution in [2.45, 2.75) is 25.9 Å². The number of benzene rings is 1. The highest BCUT2D eigenvalue weighted by atomic mass is 32.1. The maximum absolute atomic E-state index is 10.3. The molecule has 0 aliphatic rings. The van der Waals surface area contributed by atoms with E-state index in [1.165, 1.54) is 11.1 Å². The van der Waals surface area contributed by atoms with Gasteiger partial charge in [0.05, 0.1) is 17.3 Å². The number of fused-ring (bicyclic) bond motifs is 1. The van der Waals surface area contributed by atoms with Crippen molar-refractivity contribution in [2.75, 3.05) is 0 Å². The number of thiophene rings is 1. The molecule has 0 fully saturated rings. The van der Waals surface area contributed by atoms with E-state index in [1.807, 2.05) is 24.3 Å². The molecular weight excluding hydrogens is 266 g/mol. The molecule has 0 bridgehead atoms. The molecule has 0 amide bonds. The summed E-state index contributed by atoms with van der Waals surface area (Å²) < 4.78 is 0. The second-order valence-electron chi connectivity index (χ2n) is 5.07. The molecule has 0 saturated carbocycles. The Kier molecular flexibility index (Phi) is 3.81. The van der Waals surface area contributed by atoms with Crippen LogP contribution in [0.4, 0.5) is 0 Å². The molecular formula is C17H17NOS. The second kappa shape index (κ2) is 5.73. The lowest BCUT2D eigenvalue weighted by molar-refractivity contribution is 0.163. The highest BCUT2D eigenvalue weighted by molar-refractivity contribution is 7.07. The first-order chi connectivity index (χ1) is 9.74. The topological polar surface area (TPSA) is 33.1 Å². The van der Waals surface area contributed by atoms with Crippen LogP contribution in [0.5, 0.6) is 0 Å². The number of aliphatic hydroxyl groups excluding tert-OH is 1. The molecule has 2 nitrogen and oxygen atoms in total. The monoisotopic (exact) mass is 283 g/mol. The predicted molar refractivity (Wildman–Crippen MR) is 84.1 cm³/mol. The maximum atomic E-state index is 10.3. The van der Waals surface area contributed by atoms with E-state index >= 15 is 0 Å². The molecule has 102 valence electrons. The number of aryl methyl sites for hydroxylation is 2. The third-order valence-corrected chi connectivity index (χ3v) is 4.30. The van der Waals surface area contributed by atoms with Gasteiger partial charge >= 0.3 is 0 Å². The van der Waals surface area contributed by atoms with E-state index in [9.17, 15) is 5.11 Å². The number of hydrogen-bond donors (Lipinski definition) is 1. The van der Waals surface area contributed by atoms with Gasteiger partial charge in [0.15, 0.2) is 0 Å². The Morgan fingerprint density at radius 2 is 2.10 bits per heavy atom. The number of aliphatic hydroxyl groups is 1. The van der Waals surface area contributed by atoms with Gasteiger partial charge in [-0.1, -0.05) is 18.2 Å². The van der Waals surface area contributed by atoms with Crippen LogP contribution in [-0.2, 0) is 6.42 Å². The van der Waals surface area contributed by atoms with Gasteiger partial charge in [-0.25, -0.2) is 0 Å². The summed E-state index contributed by atoms with van der Waals surface area (Å²) in [5.41, 5.74) is 4.18. The van der Waals surface area contributed by atoms with Crippen molar-refractivity contribution in [1.29, 1.82) is 0 Å². The molecule has 2 heterocycles. The van der Waals surface area contributed by atoms with Gasteiger partial charge in [0.2, 0.25) is 0 Å². The van der Waals surface area contributed by atoms with Crippen LogP contribution in [0.3, 0.4) is 0 Å². The molecule has 20 heavy (non-hydrogen) atoms. The normalized spacial score (nSPS) is 12.7. The summed E-state index contributed by atoms with van der Waals surface area (Å²) in [5, 5.41) is 15.7. The standard InChI is InChI=1S/C17H17NOS/c1-12-10-16(18-15-5-3-2-4-14(12)15)17(19)7-6-13-8-9-20-11-13/h2-5,8-11,17,19H,6-7H2,1H3. The van der Waals surface area contributed by atoms with Crippen LogP contribution in [0.2, 0.25) is 0 Å². The lowest BCUT2D eigenvalue weighted by Gasteiger charge is -2.12. The lowest BCUT2D eigenvalue weighted by Crippen LogP contribution is -2.03. The minimum absolute atomic E-state index is 0.502. The number of para-hydroxylation sites is 1. The van der Waals surface area contributed by atoms with Crippen molar-refractivity contribution < 1.29 is 5.11 Å². The van der Waals surface area contributed by atoms with Gasteiger partial charge < -0.3 is 5.11 Å². The first kappa shape index (κ1) is 13.3. The third kappa shape index (κ3) is 2.74. The number of aromatic nitrogens is 1. The predicted octanol–water partition coefficient (Wildman–Crippen LogP) is 4.27. The average molecular weight is 283 g/mol. The Labute approximate surface area is 122 Å². The summed E-state index contributed by atoms with van der Waals surface area (Å²) in [6.45, 7) is 2.07. The molecule has 0 spiro atoms. The SMILES string of the molecule is Cc1cc(C(O)CCc2ccsc2)nc2ccccc12. The van der Waals surface area contributed by atoms with Crippen molar-refractivity contribution in [1.82, 2.24) is 4.98 Å². The summed E-state index contributed by atoms with van der Waals surface area (Å²) in [7, 11) is 0. The highest BCUT2D eigenvalue weighted by Gasteiger charge is 2.11. The van der Waals surface area contributed by atoms with E-state index in [0.717, 1.165) is 23.0 Å². The Morgan fingerprint density at radius 1 is 1.25 bits per heavy atom. The van der Waals surface area contributed by atoms with Crippen LogP contribution in [0.1, 0.15) is 29.3 Å². The zero-order valence-corrected chi connectivity index (χ0v) is 12.2. The number of pyridine rings is 1. The Morgan fingerprint density at radius 3 is 2.90 bits per heavy atom. The van der Waals surface area contributed by atoms with Gasteiger partial charge in [-0.3, -0.25) is 4.98 Å². The molecule has 1 aromatic carbocycles. The molecule has 0 aliphatic heterocycles. The quantitative estimate of drug-likeness (QED) is 0.775. The van der Waals surface area contributed by atoms with E-state index in [0.29, 0.717) is 6.42 Å². The van der Waals surface area contributed by atoms with E-state index in [4.69, 9.17) is 0 Å². The van der Waals surface area contributed by atoms with Crippen molar-refractivity contribution in [3.63, 3.8) is 0 Å². The molecule has 1 unspecified atom stereocenters. The van der Waals surface area contributed by atoms with Crippen LogP contribution in [0.15, 0.2) is 47.2 Å². The second-order valence-corrected chi connectivity index (χ2v) is 5.85. The van der Waals surface area contributed by atoms with Crippen molar-refractivity contribution in [2.24, 2.45) is 0 Å². The van der Waals surface area contributed by atoms with Gasteiger partial charge in [-0.05, 0) is 59.9 Å². The van der Waals surface area contributed by atoms with Crippen molar-refractivity contribution in [3.05, 3.63) is 64.0 Å². The Balaban J connectivity index is 1.82. The average Bonchev–Trinajstić information content (AvgIpc) is 2.98. The van der Waals surface area contributed by atoms with Crippen LogP contribution < -0.4 is 0 Å². The Hall–Kier alpha value is -1.71. The molecule has 1 N–H and O–H groups in total. The molecule has 3 aromatic rings. The van der Waals surface area contributed by atoms with E-state index in [2.05, 4.69) is 34.8 Å². The highest BCUT2D eigenvalue weighted by Crippen LogP contribution is 2.23. The molecule has 0 radical (unpaired) electrons. The van der Waals surface area contributed by atoms with Gasteiger partial charge in [0.25, 0.3) is 0 Å². The van der Waals surface area contributed by atoms with Gasteiger partial charge in [0, 0.05) is 5.39 Å². The number of rotatable bonds is 4. The first-order valence-electron chi connectivity index (χ1n) is 6.79. The van der Waals surface area contributed by atoms with Crippen LogP contribution in [-0.4, -0.2) is 10.1 Å². The van der Waals surface area contributed by atoms with E-state index < -0.39 is 6.10 Å². The van der Waals surface area contributed by atoms with Gasteiger partial charge in [-0.2, -0.15) is 11.3 Å². The minimum atomic E-state index is -0.502. The maximum Gasteiger partial charge on any atom is 0.0963 e. The van der Waals surface area contributed by atoms with Crippen LogP contribution in [0.25, 0.3) is 10.9 Å². The largest absolute Gasteiger partial charge is 0.387 e. The third-order valence-electron chi connectivity index (χ3n) is 3.57. The molecule has 3 heteroatoms. The summed E-state index contributed by atoms with van der Waals surface area (Å²) in [5.74, 6) is 0. The summed E-state index contributed by atoms with van der Waals surface area (Å²) in [6, 6.07) is 12.2. The van der Waals surface area contributed by atoms with Crippen LogP contribution >= 0.6 is 11.3 Å². The smallest absolute Gasteiger partial charge is 0.0963 e. The van der Waals surface area contributed by atoms with Crippen molar-refractivity contribution >= 4 is 22.2 Å². The fraction of sp³-hybridized carbons (Fsp3) is 0.235. The Bertz CT molecular complexity index is 706. The zero-order valence-electron chi connectivity index (χ0n) is 11.4. The van der Waals surface area contributed by atoms with Crippen molar-refractivity contribution in [3.8, 4) is 0 Å². The summed E-state index contributed by atoms with van der Waals surface area (Å²) in [4.78, 5) is 4.59. The lowest BCUT2D eigenvalue weighted by atomic mass is 10.0. The van der Waals surface area contributed by atoms with Crippen LogP contribution in [0, 0.1) is 6.92 Å². The summed E-state index contributed by atoms with van der Waals surface area (Å²) >= 11 is 1.69. The minimum Gasteiger partial charge on any atom is -0.387 e. The number of nitrogens with zero attached hydrogens (tertiary/aromatic N) is 1. The zero-order chi connectivity index (χ0) is 13.9. The molecule has 2 aromatic heterocycles. The number of hydrogen-bond acceptors (Lipinski definition) is 3. The first-order valence-corrected chi connectivity index (χ1v) is 7.74. The summed E-state index contributed by atoms with van der Waals surface area (Å²) in [6.07, 6.45) is 1.10. The van der Waals surface area contributed by atoms with E-state index in [1.54, 1.807) is 11.3 Å². The fourth-order valence-corrected chi connectivity index (χ4v) is 3.14. The molecule has 0 aliphatic carbocycles. The molecule has 1 atom stereocenters. The molecule has 3 rings (SSSR count).